The highest BCUT2D eigenvalue weighted by Gasteiger charge is 2.41. The molecule has 0 fully saturated rings. The van der Waals surface area contributed by atoms with Crippen LogP contribution in [0.25, 0.3) is 0 Å². The van der Waals surface area contributed by atoms with Crippen molar-refractivity contribution in [3.05, 3.63) is 0 Å². The van der Waals surface area contributed by atoms with E-state index in [0.717, 1.165) is 11.8 Å². The van der Waals surface area contributed by atoms with E-state index in [1.54, 1.807) is 0 Å². The fraction of sp³-hybridized carbons (Fsp3) is 1.00. The van der Waals surface area contributed by atoms with Gasteiger partial charge in [-0.1, -0.05) is 105 Å². The minimum Gasteiger partial charge on any atom is -0.303 e. The van der Waals surface area contributed by atoms with Gasteiger partial charge < -0.3 is 4.90 Å². The van der Waals surface area contributed by atoms with Gasteiger partial charge in [-0.2, -0.15) is 0 Å². The summed E-state index contributed by atoms with van der Waals surface area (Å²) in [6.45, 7) is 12.1. The van der Waals surface area contributed by atoms with E-state index in [4.69, 9.17) is 0 Å². The zero-order valence-electron chi connectivity index (χ0n) is 19.0. The summed E-state index contributed by atoms with van der Waals surface area (Å²) in [6.07, 6.45) is 19.5. The van der Waals surface area contributed by atoms with Gasteiger partial charge in [-0.25, -0.2) is 0 Å². The molecule has 0 aromatic heterocycles. The number of nitrogens with zero attached hydrogens (tertiary/aromatic N) is 1. The maximum absolute atomic E-state index is 2.62. The van der Waals surface area contributed by atoms with Gasteiger partial charge in [0.15, 0.2) is 0 Å². The second-order valence-electron chi connectivity index (χ2n) is 8.84. The van der Waals surface area contributed by atoms with Crippen molar-refractivity contribution in [2.45, 2.75) is 130 Å². The minimum atomic E-state index is 0.397. The summed E-state index contributed by atoms with van der Waals surface area (Å²) in [7, 11) is 4.71. The summed E-state index contributed by atoms with van der Waals surface area (Å²) in [5, 5.41) is 0. The van der Waals surface area contributed by atoms with Crippen LogP contribution < -0.4 is 0 Å². The molecule has 0 spiro atoms. The molecular weight excluding hydrogens is 302 g/mol. The summed E-state index contributed by atoms with van der Waals surface area (Å²) in [6, 6.07) is 0. The summed E-state index contributed by atoms with van der Waals surface area (Å²) in [5.41, 5.74) is 0.397. The molecule has 0 saturated heterocycles. The van der Waals surface area contributed by atoms with E-state index in [1.807, 2.05) is 0 Å². The van der Waals surface area contributed by atoms with Crippen molar-refractivity contribution in [2.24, 2.45) is 11.8 Å². The fourth-order valence-corrected chi connectivity index (χ4v) is 4.97. The topological polar surface area (TPSA) is 3.24 Å². The van der Waals surface area contributed by atoms with E-state index in [0.29, 0.717) is 5.54 Å². The van der Waals surface area contributed by atoms with Crippen molar-refractivity contribution in [1.29, 1.82) is 0 Å². The zero-order valence-corrected chi connectivity index (χ0v) is 19.0. The summed E-state index contributed by atoms with van der Waals surface area (Å²) in [5.74, 6) is 1.60. The molecule has 0 aromatic rings. The summed E-state index contributed by atoms with van der Waals surface area (Å²) < 4.78 is 0. The molecule has 0 heterocycles. The summed E-state index contributed by atoms with van der Waals surface area (Å²) >= 11 is 0. The molecule has 0 saturated carbocycles. The Morgan fingerprint density at radius 2 is 1.00 bits per heavy atom. The molecule has 1 heteroatoms. The van der Waals surface area contributed by atoms with Gasteiger partial charge in [0.2, 0.25) is 0 Å². The molecule has 0 bridgehead atoms. The van der Waals surface area contributed by atoms with Gasteiger partial charge in [-0.15, -0.1) is 0 Å². The Labute approximate surface area is 161 Å². The van der Waals surface area contributed by atoms with E-state index in [9.17, 15) is 0 Å². The van der Waals surface area contributed by atoms with Crippen molar-refractivity contribution in [1.82, 2.24) is 4.90 Å². The average Bonchev–Trinajstić information content (AvgIpc) is 2.59. The predicted molar refractivity (Wildman–Crippen MR) is 116 cm³/mol. The van der Waals surface area contributed by atoms with E-state index >= 15 is 0 Å². The molecule has 152 valence electrons. The monoisotopic (exact) mass is 353 g/mol. The Morgan fingerprint density at radius 3 is 1.40 bits per heavy atom. The highest BCUT2D eigenvalue weighted by Crippen LogP contribution is 2.41. The Bertz CT molecular complexity index is 270. The lowest BCUT2D eigenvalue weighted by atomic mass is 9.68. The molecule has 0 rings (SSSR count). The standard InChI is InChI=1S/C24H51N/c1-8-11-14-15-16-17-18-21-24(25(6)7,22(4)19-12-9-2)23(5)20-13-10-3/h22-23H,8-21H2,1-7H3. The maximum Gasteiger partial charge on any atom is 0.0254 e. The number of rotatable bonds is 17. The normalized spacial score (nSPS) is 16.8. The Morgan fingerprint density at radius 1 is 0.600 bits per heavy atom. The van der Waals surface area contributed by atoms with Crippen LogP contribution in [0.2, 0.25) is 0 Å². The third-order valence-electron chi connectivity index (χ3n) is 6.70. The number of unbranched alkanes of at least 4 members (excludes halogenated alkanes) is 8. The van der Waals surface area contributed by atoms with E-state index in [1.165, 1.54) is 89.9 Å². The van der Waals surface area contributed by atoms with Gasteiger partial charge in [0, 0.05) is 5.54 Å². The van der Waals surface area contributed by atoms with Crippen molar-refractivity contribution in [3.63, 3.8) is 0 Å². The summed E-state index contributed by atoms with van der Waals surface area (Å²) in [4.78, 5) is 2.62. The molecule has 1 nitrogen and oxygen atoms in total. The van der Waals surface area contributed by atoms with Gasteiger partial charge in [-0.05, 0) is 45.2 Å². The molecule has 0 aliphatic heterocycles. The molecule has 0 aliphatic rings. The first-order valence-electron chi connectivity index (χ1n) is 11.6. The van der Waals surface area contributed by atoms with Gasteiger partial charge in [-0.3, -0.25) is 0 Å². The lowest BCUT2D eigenvalue weighted by Gasteiger charge is -2.50. The van der Waals surface area contributed by atoms with Crippen molar-refractivity contribution >= 4 is 0 Å². The lowest BCUT2D eigenvalue weighted by Crippen LogP contribution is -2.54. The second kappa shape index (κ2) is 15.1. The number of hydrogen-bond donors (Lipinski definition) is 0. The average molecular weight is 354 g/mol. The maximum atomic E-state index is 2.62. The highest BCUT2D eigenvalue weighted by molar-refractivity contribution is 4.96. The van der Waals surface area contributed by atoms with E-state index < -0.39 is 0 Å². The molecule has 0 aliphatic carbocycles. The van der Waals surface area contributed by atoms with Crippen LogP contribution in [0.1, 0.15) is 125 Å². The van der Waals surface area contributed by atoms with Crippen LogP contribution in [0.15, 0.2) is 0 Å². The zero-order chi connectivity index (χ0) is 19.1. The SMILES string of the molecule is CCCCCCCCCC(C(C)CCCC)(C(C)CCCC)N(C)C. The smallest absolute Gasteiger partial charge is 0.0254 e. The van der Waals surface area contributed by atoms with Crippen LogP contribution >= 0.6 is 0 Å². The van der Waals surface area contributed by atoms with Gasteiger partial charge in [0.05, 0.1) is 0 Å². The minimum absolute atomic E-state index is 0.397. The van der Waals surface area contributed by atoms with Crippen LogP contribution in [0, 0.1) is 11.8 Å². The molecule has 25 heavy (non-hydrogen) atoms. The van der Waals surface area contributed by atoms with Crippen molar-refractivity contribution in [2.75, 3.05) is 14.1 Å². The highest BCUT2D eigenvalue weighted by atomic mass is 15.2. The van der Waals surface area contributed by atoms with Crippen molar-refractivity contribution in [3.8, 4) is 0 Å². The largest absolute Gasteiger partial charge is 0.303 e. The van der Waals surface area contributed by atoms with Crippen LogP contribution in [0.3, 0.4) is 0 Å². The van der Waals surface area contributed by atoms with Crippen molar-refractivity contribution < 1.29 is 0 Å². The number of hydrogen-bond acceptors (Lipinski definition) is 1. The van der Waals surface area contributed by atoms with Gasteiger partial charge >= 0.3 is 0 Å². The van der Waals surface area contributed by atoms with Crippen LogP contribution in [0.5, 0.6) is 0 Å². The Balaban J connectivity index is 4.82. The lowest BCUT2D eigenvalue weighted by molar-refractivity contribution is 0.00993. The van der Waals surface area contributed by atoms with Crippen LogP contribution in [0.4, 0.5) is 0 Å². The van der Waals surface area contributed by atoms with E-state index in [2.05, 4.69) is 53.6 Å². The molecule has 0 amide bonds. The molecule has 0 aromatic carbocycles. The Hall–Kier alpha value is -0.0400. The first-order valence-corrected chi connectivity index (χ1v) is 11.6. The van der Waals surface area contributed by atoms with E-state index in [-0.39, 0.29) is 0 Å². The van der Waals surface area contributed by atoms with Gasteiger partial charge in [0.25, 0.3) is 0 Å². The fourth-order valence-electron chi connectivity index (χ4n) is 4.97. The third-order valence-corrected chi connectivity index (χ3v) is 6.70. The first kappa shape index (κ1) is 25.0. The third kappa shape index (κ3) is 8.94. The van der Waals surface area contributed by atoms with Crippen LogP contribution in [-0.4, -0.2) is 24.5 Å². The quantitative estimate of drug-likeness (QED) is 0.239. The first-order chi connectivity index (χ1) is 12.0. The van der Waals surface area contributed by atoms with Gasteiger partial charge in [0.1, 0.15) is 0 Å². The Kier molecular flexibility index (Phi) is 15.0. The molecule has 0 radical (unpaired) electrons. The molecule has 2 unspecified atom stereocenters. The second-order valence-corrected chi connectivity index (χ2v) is 8.84. The molecule has 0 N–H and O–H groups in total. The van der Waals surface area contributed by atoms with Crippen LogP contribution in [-0.2, 0) is 0 Å². The molecule has 2 atom stereocenters. The molecular formula is C24H51N. The predicted octanol–water partition coefficient (Wildman–Crippen LogP) is 8.08.